The van der Waals surface area contributed by atoms with Crippen molar-refractivity contribution in [3.63, 3.8) is 0 Å². The van der Waals surface area contributed by atoms with Gasteiger partial charge in [0.05, 0.1) is 5.69 Å². The van der Waals surface area contributed by atoms with E-state index in [2.05, 4.69) is 35.1 Å². The number of hydrogen-bond acceptors (Lipinski definition) is 3. The highest BCUT2D eigenvalue weighted by Crippen LogP contribution is 2.34. The van der Waals surface area contributed by atoms with Crippen LogP contribution < -0.4 is 5.73 Å². The summed E-state index contributed by atoms with van der Waals surface area (Å²) in [6.45, 7) is 2.19. The predicted octanol–water partition coefficient (Wildman–Crippen LogP) is 3.83. The topological polar surface area (TPSA) is 54.7 Å². The Morgan fingerprint density at radius 1 is 1.33 bits per heavy atom. The standard InChI is InChI=1S/C14H15N3S/c1-2-5-11-13(12-8-18-14(15)17-12)9-6-3-4-7-10(9)16-11/h3-4,6-8,16H,2,5H2,1H3,(H2,15,17). The van der Waals surface area contributed by atoms with Gasteiger partial charge < -0.3 is 10.7 Å². The number of aromatic nitrogens is 2. The van der Waals surface area contributed by atoms with E-state index in [-0.39, 0.29) is 0 Å². The molecule has 0 saturated heterocycles. The summed E-state index contributed by atoms with van der Waals surface area (Å²) in [6.07, 6.45) is 2.14. The molecule has 0 aliphatic carbocycles. The highest BCUT2D eigenvalue weighted by molar-refractivity contribution is 7.13. The third-order valence-corrected chi connectivity index (χ3v) is 3.74. The van der Waals surface area contributed by atoms with Gasteiger partial charge in [0.15, 0.2) is 5.13 Å². The smallest absolute Gasteiger partial charge is 0.180 e. The Labute approximate surface area is 110 Å². The number of anilines is 1. The van der Waals surface area contributed by atoms with Crippen molar-refractivity contribution in [2.24, 2.45) is 0 Å². The third-order valence-electron chi connectivity index (χ3n) is 3.06. The molecule has 3 rings (SSSR count). The van der Waals surface area contributed by atoms with Crippen molar-refractivity contribution in [1.82, 2.24) is 9.97 Å². The van der Waals surface area contributed by atoms with E-state index in [1.807, 2.05) is 11.4 Å². The third kappa shape index (κ3) is 1.78. The van der Waals surface area contributed by atoms with Gasteiger partial charge in [-0.3, -0.25) is 0 Å². The van der Waals surface area contributed by atoms with Crippen molar-refractivity contribution in [3.8, 4) is 11.3 Å². The van der Waals surface area contributed by atoms with E-state index in [0.717, 1.165) is 18.5 Å². The first-order valence-corrected chi connectivity index (χ1v) is 6.98. The van der Waals surface area contributed by atoms with Crippen LogP contribution in [0.15, 0.2) is 29.6 Å². The zero-order valence-electron chi connectivity index (χ0n) is 10.2. The van der Waals surface area contributed by atoms with E-state index in [1.165, 1.54) is 33.5 Å². The van der Waals surface area contributed by atoms with Crippen LogP contribution in [0.1, 0.15) is 19.0 Å². The maximum atomic E-state index is 5.75. The van der Waals surface area contributed by atoms with Gasteiger partial charge in [-0.1, -0.05) is 31.5 Å². The first-order chi connectivity index (χ1) is 8.79. The van der Waals surface area contributed by atoms with E-state index in [9.17, 15) is 0 Å². The maximum Gasteiger partial charge on any atom is 0.180 e. The van der Waals surface area contributed by atoms with E-state index in [4.69, 9.17) is 5.73 Å². The average molecular weight is 257 g/mol. The van der Waals surface area contributed by atoms with Crippen LogP contribution in [0.2, 0.25) is 0 Å². The molecule has 0 amide bonds. The molecule has 18 heavy (non-hydrogen) atoms. The minimum Gasteiger partial charge on any atom is -0.375 e. The SMILES string of the molecule is CCCc1[nH]c2ccccc2c1-c1csc(N)n1. The van der Waals surface area contributed by atoms with Crippen molar-refractivity contribution in [3.05, 3.63) is 35.3 Å². The normalized spacial score (nSPS) is 11.2. The molecule has 4 heteroatoms. The molecule has 1 aromatic carbocycles. The summed E-state index contributed by atoms with van der Waals surface area (Å²) in [5.74, 6) is 0. The number of aromatic amines is 1. The van der Waals surface area contributed by atoms with E-state index < -0.39 is 0 Å². The van der Waals surface area contributed by atoms with Crippen LogP contribution in [-0.2, 0) is 6.42 Å². The molecule has 0 bridgehead atoms. The fraction of sp³-hybridized carbons (Fsp3) is 0.214. The fourth-order valence-corrected chi connectivity index (χ4v) is 2.88. The molecule has 0 aliphatic rings. The quantitative estimate of drug-likeness (QED) is 0.749. The molecule has 0 radical (unpaired) electrons. The lowest BCUT2D eigenvalue weighted by atomic mass is 10.1. The molecule has 0 aliphatic heterocycles. The second kappa shape index (κ2) is 4.46. The number of fused-ring (bicyclic) bond motifs is 1. The number of para-hydroxylation sites is 1. The van der Waals surface area contributed by atoms with Gasteiger partial charge in [-0.15, -0.1) is 11.3 Å². The number of nitrogens with two attached hydrogens (primary N) is 1. The first-order valence-electron chi connectivity index (χ1n) is 6.10. The van der Waals surface area contributed by atoms with Gasteiger partial charge in [-0.25, -0.2) is 4.98 Å². The number of H-pyrrole nitrogens is 1. The minimum absolute atomic E-state index is 0.623. The summed E-state index contributed by atoms with van der Waals surface area (Å²) >= 11 is 1.49. The Balaban J connectivity index is 2.27. The number of thiazole rings is 1. The molecule has 3 nitrogen and oxygen atoms in total. The van der Waals surface area contributed by atoms with Gasteiger partial charge in [-0.05, 0) is 12.5 Å². The van der Waals surface area contributed by atoms with Gasteiger partial charge >= 0.3 is 0 Å². The van der Waals surface area contributed by atoms with Crippen molar-refractivity contribution in [2.75, 3.05) is 5.73 Å². The second-order valence-corrected chi connectivity index (χ2v) is 5.23. The zero-order valence-corrected chi connectivity index (χ0v) is 11.1. The molecule has 2 heterocycles. The summed E-state index contributed by atoms with van der Waals surface area (Å²) in [5.41, 5.74) is 10.4. The van der Waals surface area contributed by atoms with Crippen LogP contribution in [0.4, 0.5) is 5.13 Å². The Bertz CT molecular complexity index is 681. The summed E-state index contributed by atoms with van der Waals surface area (Å²) in [5, 5.41) is 3.88. The predicted molar refractivity (Wildman–Crippen MR) is 77.8 cm³/mol. The van der Waals surface area contributed by atoms with E-state index in [0.29, 0.717) is 5.13 Å². The molecule has 0 unspecified atom stereocenters. The summed E-state index contributed by atoms with van der Waals surface area (Å²) in [4.78, 5) is 7.92. The molecular formula is C14H15N3S. The lowest BCUT2D eigenvalue weighted by molar-refractivity contribution is 0.897. The van der Waals surface area contributed by atoms with E-state index in [1.54, 1.807) is 0 Å². The lowest BCUT2D eigenvalue weighted by Crippen LogP contribution is -1.88. The van der Waals surface area contributed by atoms with Crippen LogP contribution in [0.5, 0.6) is 0 Å². The fourth-order valence-electron chi connectivity index (χ4n) is 2.33. The van der Waals surface area contributed by atoms with Crippen LogP contribution >= 0.6 is 11.3 Å². The highest BCUT2D eigenvalue weighted by atomic mass is 32.1. The van der Waals surface area contributed by atoms with Gasteiger partial charge in [-0.2, -0.15) is 0 Å². The van der Waals surface area contributed by atoms with Crippen molar-refractivity contribution >= 4 is 27.4 Å². The number of rotatable bonds is 3. The number of nitrogen functional groups attached to an aromatic ring is 1. The number of aryl methyl sites for hydroxylation is 1. The number of benzene rings is 1. The van der Waals surface area contributed by atoms with Gasteiger partial charge in [0.1, 0.15) is 0 Å². The van der Waals surface area contributed by atoms with Crippen molar-refractivity contribution in [2.45, 2.75) is 19.8 Å². The average Bonchev–Trinajstić information content (AvgIpc) is 2.92. The molecule has 3 aromatic rings. The van der Waals surface area contributed by atoms with Crippen molar-refractivity contribution < 1.29 is 0 Å². The van der Waals surface area contributed by atoms with Crippen molar-refractivity contribution in [1.29, 1.82) is 0 Å². The Morgan fingerprint density at radius 3 is 2.89 bits per heavy atom. The number of nitrogens with one attached hydrogen (secondary N) is 1. The molecule has 92 valence electrons. The van der Waals surface area contributed by atoms with Crippen LogP contribution in [0, 0.1) is 0 Å². The van der Waals surface area contributed by atoms with Gasteiger partial charge in [0, 0.05) is 27.5 Å². The Kier molecular flexibility index (Phi) is 2.80. The Morgan fingerprint density at radius 2 is 2.17 bits per heavy atom. The van der Waals surface area contributed by atoms with Gasteiger partial charge in [0.2, 0.25) is 0 Å². The molecular weight excluding hydrogens is 242 g/mol. The van der Waals surface area contributed by atoms with Crippen LogP contribution in [0.25, 0.3) is 22.2 Å². The maximum absolute atomic E-state index is 5.75. The lowest BCUT2D eigenvalue weighted by Gasteiger charge is -2.00. The molecule has 0 fully saturated rings. The number of nitrogens with zero attached hydrogens (tertiary/aromatic N) is 1. The molecule has 0 saturated carbocycles. The van der Waals surface area contributed by atoms with E-state index >= 15 is 0 Å². The van der Waals surface area contributed by atoms with Crippen LogP contribution in [-0.4, -0.2) is 9.97 Å². The minimum atomic E-state index is 0.623. The highest BCUT2D eigenvalue weighted by Gasteiger charge is 2.14. The largest absolute Gasteiger partial charge is 0.375 e. The van der Waals surface area contributed by atoms with Crippen LogP contribution in [0.3, 0.4) is 0 Å². The van der Waals surface area contributed by atoms with Gasteiger partial charge in [0.25, 0.3) is 0 Å². The summed E-state index contributed by atoms with van der Waals surface area (Å²) < 4.78 is 0. The summed E-state index contributed by atoms with van der Waals surface area (Å²) in [7, 11) is 0. The monoisotopic (exact) mass is 257 g/mol. The molecule has 0 atom stereocenters. The summed E-state index contributed by atoms with van der Waals surface area (Å²) in [6, 6.07) is 8.35. The Hall–Kier alpha value is -1.81. The molecule has 0 spiro atoms. The first kappa shape index (κ1) is 11.3. The number of hydrogen-bond donors (Lipinski definition) is 2. The molecule has 3 N–H and O–H groups in total. The molecule has 2 aromatic heterocycles. The zero-order chi connectivity index (χ0) is 12.5. The second-order valence-electron chi connectivity index (χ2n) is 4.35.